The average molecular weight is 417 g/mol. The van der Waals surface area contributed by atoms with Crippen molar-refractivity contribution >= 4 is 45.8 Å². The van der Waals surface area contributed by atoms with Crippen LogP contribution in [0.15, 0.2) is 30.3 Å². The number of hydrogen-bond donors (Lipinski definition) is 0. The Hall–Kier alpha value is -0.460. The molecule has 0 amide bonds. The molecule has 6 heteroatoms. The van der Waals surface area contributed by atoms with Crippen molar-refractivity contribution in [3.05, 3.63) is 67.5 Å². The summed E-state index contributed by atoms with van der Waals surface area (Å²) in [5.74, 6) is -3.28. The molecule has 1 atom stereocenters. The van der Waals surface area contributed by atoms with Crippen LogP contribution in [0, 0.1) is 21.0 Å². The van der Waals surface area contributed by atoms with Gasteiger partial charge in [-0.15, -0.1) is 11.6 Å². The predicted octanol–water partition coefficient (Wildman–Crippen LogP) is 5.69. The molecule has 19 heavy (non-hydrogen) atoms. The van der Waals surface area contributed by atoms with Crippen LogP contribution < -0.4 is 0 Å². The lowest BCUT2D eigenvalue weighted by Crippen LogP contribution is -2.02. The molecule has 0 heterocycles. The highest BCUT2D eigenvalue weighted by Crippen LogP contribution is 2.35. The van der Waals surface area contributed by atoms with Gasteiger partial charge >= 0.3 is 0 Å². The molecule has 2 aromatic rings. The minimum absolute atomic E-state index is 0.124. The first-order valence-corrected chi connectivity index (χ1v) is 7.03. The van der Waals surface area contributed by atoms with Gasteiger partial charge in [0.15, 0.2) is 11.6 Å². The number of benzene rings is 2. The molecule has 1 unspecified atom stereocenters. The fraction of sp³-hybridized carbons (Fsp3) is 0.0769. The third kappa shape index (κ3) is 3.17. The molecule has 2 rings (SSSR count). The van der Waals surface area contributed by atoms with Crippen molar-refractivity contribution in [3.8, 4) is 0 Å². The molecule has 0 N–H and O–H groups in total. The van der Waals surface area contributed by atoms with E-state index < -0.39 is 22.8 Å². The van der Waals surface area contributed by atoms with Gasteiger partial charge in [-0.05, 0) is 52.4 Å². The lowest BCUT2D eigenvalue weighted by molar-refractivity contribution is 0.490. The highest BCUT2D eigenvalue weighted by molar-refractivity contribution is 14.1. The second kappa shape index (κ2) is 5.89. The van der Waals surface area contributed by atoms with E-state index in [2.05, 4.69) is 0 Å². The van der Waals surface area contributed by atoms with Crippen molar-refractivity contribution < 1.29 is 13.2 Å². The second-order valence-electron chi connectivity index (χ2n) is 3.82. The molecule has 0 bridgehead atoms. The highest BCUT2D eigenvalue weighted by Gasteiger charge is 2.20. The third-order valence-electron chi connectivity index (χ3n) is 2.54. The first-order chi connectivity index (χ1) is 8.90. The normalized spacial score (nSPS) is 12.5. The van der Waals surface area contributed by atoms with E-state index >= 15 is 0 Å². The quantitative estimate of drug-likeness (QED) is 0.335. The zero-order valence-electron chi connectivity index (χ0n) is 9.23. The Morgan fingerprint density at radius 1 is 0.895 bits per heavy atom. The standard InChI is InChI=1S/C13H6Cl2F3I/c14-6-1-2-12(19)8(3-6)13(15)7-4-10(17)11(18)5-9(7)16/h1-5,13H. The summed E-state index contributed by atoms with van der Waals surface area (Å²) in [5, 5.41) is -0.509. The van der Waals surface area contributed by atoms with Crippen molar-refractivity contribution in [1.29, 1.82) is 0 Å². The predicted molar refractivity (Wildman–Crippen MR) is 78.2 cm³/mol. The van der Waals surface area contributed by atoms with Crippen LogP contribution in [0.4, 0.5) is 13.2 Å². The van der Waals surface area contributed by atoms with Crippen molar-refractivity contribution in [2.45, 2.75) is 5.38 Å². The van der Waals surface area contributed by atoms with Crippen LogP contribution in [-0.2, 0) is 0 Å². The Kier molecular flexibility index (Phi) is 4.63. The van der Waals surface area contributed by atoms with E-state index in [0.29, 0.717) is 16.7 Å². The molecule has 0 nitrogen and oxygen atoms in total. The van der Waals surface area contributed by atoms with Gasteiger partial charge < -0.3 is 0 Å². The molecule has 0 aromatic heterocycles. The largest absolute Gasteiger partial charge is 0.207 e. The van der Waals surface area contributed by atoms with Crippen LogP contribution in [-0.4, -0.2) is 0 Å². The maximum Gasteiger partial charge on any atom is 0.161 e. The van der Waals surface area contributed by atoms with Gasteiger partial charge in [0, 0.05) is 20.2 Å². The van der Waals surface area contributed by atoms with E-state index in [1.807, 2.05) is 22.6 Å². The smallest absolute Gasteiger partial charge is 0.161 e. The maximum absolute atomic E-state index is 13.7. The number of alkyl halides is 1. The van der Waals surface area contributed by atoms with E-state index in [4.69, 9.17) is 23.2 Å². The third-order valence-corrected chi connectivity index (χ3v) is 4.23. The summed E-state index contributed by atoms with van der Waals surface area (Å²) >= 11 is 14.0. The Morgan fingerprint density at radius 3 is 2.21 bits per heavy atom. The Balaban J connectivity index is 2.52. The highest BCUT2D eigenvalue weighted by atomic mass is 127. The summed E-state index contributed by atoms with van der Waals surface area (Å²) in [6.07, 6.45) is 0. The van der Waals surface area contributed by atoms with Crippen LogP contribution >= 0.6 is 45.8 Å². The number of halogens is 6. The first kappa shape index (κ1) is 14.9. The molecular formula is C13H6Cl2F3I. The van der Waals surface area contributed by atoms with Gasteiger partial charge in [0.25, 0.3) is 0 Å². The van der Waals surface area contributed by atoms with Crippen LogP contribution in [0.25, 0.3) is 0 Å². The van der Waals surface area contributed by atoms with Gasteiger partial charge in [-0.25, -0.2) is 13.2 Å². The summed E-state index contributed by atoms with van der Waals surface area (Å²) < 4.78 is 40.5. The molecule has 0 aliphatic carbocycles. The molecule has 0 aliphatic heterocycles. The van der Waals surface area contributed by atoms with E-state index in [1.165, 1.54) is 0 Å². The summed E-state index contributed by atoms with van der Waals surface area (Å²) in [6, 6.07) is 6.20. The number of hydrogen-bond acceptors (Lipinski definition) is 0. The van der Waals surface area contributed by atoms with Gasteiger partial charge in [0.2, 0.25) is 0 Å². The second-order valence-corrected chi connectivity index (χ2v) is 5.85. The van der Waals surface area contributed by atoms with Gasteiger partial charge in [-0.3, -0.25) is 0 Å². The van der Waals surface area contributed by atoms with Gasteiger partial charge in [-0.2, -0.15) is 0 Å². The van der Waals surface area contributed by atoms with E-state index in [-0.39, 0.29) is 5.56 Å². The zero-order valence-corrected chi connectivity index (χ0v) is 12.9. The Morgan fingerprint density at radius 2 is 1.53 bits per heavy atom. The lowest BCUT2D eigenvalue weighted by atomic mass is 10.0. The molecule has 0 saturated heterocycles. The average Bonchev–Trinajstić information content (AvgIpc) is 2.36. The van der Waals surface area contributed by atoms with E-state index in [0.717, 1.165) is 9.64 Å². The SMILES string of the molecule is Fc1cc(F)c(C(Cl)c2cc(Cl)ccc2I)cc1F. The van der Waals surface area contributed by atoms with Crippen molar-refractivity contribution in [2.75, 3.05) is 0 Å². The molecule has 0 aliphatic rings. The molecule has 0 fully saturated rings. The lowest BCUT2D eigenvalue weighted by Gasteiger charge is -2.14. The van der Waals surface area contributed by atoms with Crippen LogP contribution in [0.1, 0.15) is 16.5 Å². The Labute approximate surface area is 131 Å². The van der Waals surface area contributed by atoms with Crippen LogP contribution in [0.2, 0.25) is 5.02 Å². The van der Waals surface area contributed by atoms with E-state index in [9.17, 15) is 13.2 Å². The summed E-state index contributed by atoms with van der Waals surface area (Å²) in [4.78, 5) is 0. The summed E-state index contributed by atoms with van der Waals surface area (Å²) in [5.41, 5.74) is 0.417. The van der Waals surface area contributed by atoms with Gasteiger partial charge in [-0.1, -0.05) is 11.6 Å². The maximum atomic E-state index is 13.7. The minimum Gasteiger partial charge on any atom is -0.207 e. The zero-order chi connectivity index (χ0) is 14.2. The molecule has 0 spiro atoms. The molecule has 100 valence electrons. The van der Waals surface area contributed by atoms with Crippen molar-refractivity contribution in [3.63, 3.8) is 0 Å². The number of rotatable bonds is 2. The molecule has 0 saturated carbocycles. The molecular weight excluding hydrogens is 411 g/mol. The Bertz CT molecular complexity index is 632. The fourth-order valence-corrected chi connectivity index (χ4v) is 2.97. The monoisotopic (exact) mass is 416 g/mol. The van der Waals surface area contributed by atoms with Gasteiger partial charge in [0.1, 0.15) is 5.82 Å². The fourth-order valence-electron chi connectivity index (χ4n) is 1.61. The van der Waals surface area contributed by atoms with Crippen molar-refractivity contribution in [1.82, 2.24) is 0 Å². The van der Waals surface area contributed by atoms with Gasteiger partial charge in [0.05, 0.1) is 5.38 Å². The van der Waals surface area contributed by atoms with Crippen LogP contribution in [0.3, 0.4) is 0 Å². The molecule has 0 radical (unpaired) electrons. The molecule has 2 aromatic carbocycles. The van der Waals surface area contributed by atoms with Crippen molar-refractivity contribution in [2.24, 2.45) is 0 Å². The first-order valence-electron chi connectivity index (χ1n) is 5.13. The topological polar surface area (TPSA) is 0 Å². The van der Waals surface area contributed by atoms with Crippen LogP contribution in [0.5, 0.6) is 0 Å². The minimum atomic E-state index is -1.24. The summed E-state index contributed by atoms with van der Waals surface area (Å²) in [7, 11) is 0. The van der Waals surface area contributed by atoms with E-state index in [1.54, 1.807) is 18.2 Å². The summed E-state index contributed by atoms with van der Waals surface area (Å²) in [6.45, 7) is 0.